The Labute approximate surface area is 97.4 Å². The lowest BCUT2D eigenvalue weighted by Crippen LogP contribution is -2.45. The molecule has 0 saturated heterocycles. The Kier molecular flexibility index (Phi) is 5.22. The third kappa shape index (κ3) is 3.46. The van der Waals surface area contributed by atoms with Gasteiger partial charge in [-0.1, -0.05) is 19.8 Å². The Morgan fingerprint density at radius 3 is 2.62 bits per heavy atom. The molecule has 0 aromatic carbocycles. The average Bonchev–Trinajstić information content (AvgIpc) is 2.67. The number of nitrogens with one attached hydrogen (secondary N) is 1. The van der Waals surface area contributed by atoms with E-state index in [9.17, 15) is 4.79 Å². The first kappa shape index (κ1) is 13.5. The third-order valence-corrected chi connectivity index (χ3v) is 3.44. The molecule has 1 saturated carbocycles. The van der Waals surface area contributed by atoms with Gasteiger partial charge in [0.2, 0.25) is 5.91 Å². The predicted octanol–water partition coefficient (Wildman–Crippen LogP) is 1.08. The Morgan fingerprint density at radius 1 is 1.50 bits per heavy atom. The lowest BCUT2D eigenvalue weighted by atomic mass is 9.87. The molecule has 1 rings (SSSR count). The van der Waals surface area contributed by atoms with Crippen LogP contribution in [0.5, 0.6) is 0 Å². The maximum absolute atomic E-state index is 12.1. The Bertz CT molecular complexity index is 218. The average molecular weight is 229 g/mol. The second-order valence-corrected chi connectivity index (χ2v) is 4.91. The highest BCUT2D eigenvalue weighted by molar-refractivity contribution is 5.82. The van der Waals surface area contributed by atoms with Gasteiger partial charge in [-0.25, -0.2) is 0 Å². The summed E-state index contributed by atoms with van der Waals surface area (Å²) < 4.78 is 5.03. The lowest BCUT2D eigenvalue weighted by molar-refractivity contribution is -0.131. The summed E-state index contributed by atoms with van der Waals surface area (Å²) in [5, 5.41) is 11.9. The minimum atomic E-state index is -0.207. The molecule has 94 valence electrons. The second-order valence-electron chi connectivity index (χ2n) is 4.91. The molecular formula is C12H23NO3. The molecule has 1 unspecified atom stereocenters. The van der Waals surface area contributed by atoms with Gasteiger partial charge in [0.05, 0.1) is 12.6 Å². The van der Waals surface area contributed by atoms with Crippen LogP contribution < -0.4 is 5.32 Å². The molecule has 0 bridgehead atoms. The molecular weight excluding hydrogens is 206 g/mol. The van der Waals surface area contributed by atoms with E-state index in [0.717, 1.165) is 25.7 Å². The summed E-state index contributed by atoms with van der Waals surface area (Å²) in [5.41, 5.74) is -0.207. The van der Waals surface area contributed by atoms with Crippen LogP contribution in [0.2, 0.25) is 0 Å². The van der Waals surface area contributed by atoms with Crippen LogP contribution in [0.4, 0.5) is 0 Å². The highest BCUT2D eigenvalue weighted by Gasteiger charge is 2.36. The van der Waals surface area contributed by atoms with Gasteiger partial charge in [-0.2, -0.15) is 0 Å². The second kappa shape index (κ2) is 6.21. The van der Waals surface area contributed by atoms with E-state index >= 15 is 0 Å². The summed E-state index contributed by atoms with van der Waals surface area (Å²) in [6, 6.07) is -0.0695. The smallest absolute Gasteiger partial charge is 0.226 e. The fourth-order valence-electron chi connectivity index (χ4n) is 2.30. The summed E-state index contributed by atoms with van der Waals surface area (Å²) in [7, 11) is 1.60. The first-order chi connectivity index (χ1) is 7.62. The maximum Gasteiger partial charge on any atom is 0.226 e. The summed E-state index contributed by atoms with van der Waals surface area (Å²) in [6.45, 7) is 2.56. The number of hydrogen-bond donors (Lipinski definition) is 2. The van der Waals surface area contributed by atoms with Crippen LogP contribution in [0.25, 0.3) is 0 Å². The van der Waals surface area contributed by atoms with Crippen molar-refractivity contribution in [1.29, 1.82) is 0 Å². The van der Waals surface area contributed by atoms with Crippen LogP contribution in [0.1, 0.15) is 39.0 Å². The van der Waals surface area contributed by atoms with Crippen molar-refractivity contribution in [2.24, 2.45) is 5.41 Å². The first-order valence-corrected chi connectivity index (χ1v) is 6.03. The molecule has 1 atom stereocenters. The van der Waals surface area contributed by atoms with Gasteiger partial charge >= 0.3 is 0 Å². The van der Waals surface area contributed by atoms with Crippen molar-refractivity contribution in [3.63, 3.8) is 0 Å². The topological polar surface area (TPSA) is 58.6 Å². The minimum Gasteiger partial charge on any atom is -0.396 e. The Hall–Kier alpha value is -0.610. The molecule has 1 aliphatic rings. The molecule has 16 heavy (non-hydrogen) atoms. The largest absolute Gasteiger partial charge is 0.396 e. The van der Waals surface area contributed by atoms with Gasteiger partial charge in [0.15, 0.2) is 0 Å². The molecule has 1 fully saturated rings. The lowest BCUT2D eigenvalue weighted by Gasteiger charge is -2.26. The van der Waals surface area contributed by atoms with Crippen LogP contribution in [-0.2, 0) is 9.53 Å². The zero-order chi connectivity index (χ0) is 12.0. The van der Waals surface area contributed by atoms with E-state index in [1.165, 1.54) is 0 Å². The van der Waals surface area contributed by atoms with Crippen LogP contribution >= 0.6 is 0 Å². The van der Waals surface area contributed by atoms with E-state index in [1.807, 2.05) is 6.92 Å². The number of hydrogen-bond acceptors (Lipinski definition) is 3. The number of amides is 1. The number of ether oxygens (including phenoxy) is 1. The number of carbonyl (C=O) groups excluding carboxylic acids is 1. The van der Waals surface area contributed by atoms with E-state index in [1.54, 1.807) is 7.11 Å². The quantitative estimate of drug-likeness (QED) is 0.716. The van der Waals surface area contributed by atoms with Crippen molar-refractivity contribution >= 4 is 5.91 Å². The molecule has 2 N–H and O–H groups in total. The van der Waals surface area contributed by atoms with Gasteiger partial charge in [0, 0.05) is 19.1 Å². The molecule has 0 spiro atoms. The van der Waals surface area contributed by atoms with Gasteiger partial charge in [0.1, 0.15) is 0 Å². The van der Waals surface area contributed by atoms with Crippen molar-refractivity contribution in [3.8, 4) is 0 Å². The summed E-state index contributed by atoms with van der Waals surface area (Å²) >= 11 is 0. The zero-order valence-corrected chi connectivity index (χ0v) is 10.3. The van der Waals surface area contributed by atoms with Crippen LogP contribution in [0.15, 0.2) is 0 Å². The summed E-state index contributed by atoms with van der Waals surface area (Å²) in [5.74, 6) is 0.112. The van der Waals surface area contributed by atoms with Crippen molar-refractivity contribution in [2.45, 2.75) is 45.1 Å². The van der Waals surface area contributed by atoms with E-state index in [4.69, 9.17) is 9.84 Å². The van der Waals surface area contributed by atoms with Gasteiger partial charge in [0.25, 0.3) is 0 Å². The fraction of sp³-hybridized carbons (Fsp3) is 0.917. The number of rotatable bonds is 6. The van der Waals surface area contributed by atoms with Crippen molar-refractivity contribution in [3.05, 3.63) is 0 Å². The summed E-state index contributed by atoms with van der Waals surface area (Å²) in [6.07, 6.45) is 4.77. The van der Waals surface area contributed by atoms with Crippen molar-refractivity contribution in [1.82, 2.24) is 5.32 Å². The van der Waals surface area contributed by atoms with E-state index < -0.39 is 0 Å². The number of aliphatic hydroxyl groups is 1. The first-order valence-electron chi connectivity index (χ1n) is 6.03. The molecule has 0 heterocycles. The van der Waals surface area contributed by atoms with E-state index in [2.05, 4.69) is 5.32 Å². The molecule has 0 aliphatic heterocycles. The van der Waals surface area contributed by atoms with Crippen LogP contribution in [-0.4, -0.2) is 37.4 Å². The van der Waals surface area contributed by atoms with Crippen LogP contribution in [0.3, 0.4) is 0 Å². The zero-order valence-electron chi connectivity index (χ0n) is 10.3. The fourth-order valence-corrected chi connectivity index (χ4v) is 2.30. The number of aliphatic hydroxyl groups excluding tert-OH is 1. The SMILES string of the molecule is COCC(CCO)NC(=O)C1(C)CCCC1. The van der Waals surface area contributed by atoms with Crippen molar-refractivity contribution in [2.75, 3.05) is 20.3 Å². The maximum atomic E-state index is 12.1. The molecule has 0 aromatic rings. The molecule has 0 radical (unpaired) electrons. The number of methoxy groups -OCH3 is 1. The molecule has 1 aliphatic carbocycles. The molecule has 4 heteroatoms. The monoisotopic (exact) mass is 229 g/mol. The molecule has 4 nitrogen and oxygen atoms in total. The predicted molar refractivity (Wildman–Crippen MR) is 62.1 cm³/mol. The Balaban J connectivity index is 2.46. The van der Waals surface area contributed by atoms with Gasteiger partial charge in [-0.3, -0.25) is 4.79 Å². The Morgan fingerprint density at radius 2 is 2.12 bits per heavy atom. The third-order valence-electron chi connectivity index (χ3n) is 3.44. The highest BCUT2D eigenvalue weighted by atomic mass is 16.5. The minimum absolute atomic E-state index is 0.0695. The van der Waals surface area contributed by atoms with E-state index in [0.29, 0.717) is 13.0 Å². The van der Waals surface area contributed by atoms with Gasteiger partial charge in [-0.15, -0.1) is 0 Å². The summed E-state index contributed by atoms with van der Waals surface area (Å²) in [4.78, 5) is 12.1. The van der Waals surface area contributed by atoms with Gasteiger partial charge in [-0.05, 0) is 19.3 Å². The van der Waals surface area contributed by atoms with Crippen molar-refractivity contribution < 1.29 is 14.6 Å². The number of carbonyl (C=O) groups is 1. The highest BCUT2D eigenvalue weighted by Crippen LogP contribution is 2.37. The molecule has 1 amide bonds. The standard InChI is InChI=1S/C12H23NO3/c1-12(6-3-4-7-12)11(15)13-10(5-8-14)9-16-2/h10,14H,3-9H2,1-2H3,(H,13,15). The van der Waals surface area contributed by atoms with Gasteiger partial charge < -0.3 is 15.2 Å². The molecule has 0 aromatic heterocycles. The normalized spacial score (nSPS) is 20.7. The van der Waals surface area contributed by atoms with Crippen LogP contribution in [0, 0.1) is 5.41 Å². The van der Waals surface area contributed by atoms with E-state index in [-0.39, 0.29) is 24.0 Å².